The smallest absolute Gasteiger partial charge is 0.256 e. The van der Waals surface area contributed by atoms with E-state index < -0.39 is 0 Å². The largest absolute Gasteiger partial charge is 0.310 e. The molecule has 0 aliphatic rings. The van der Waals surface area contributed by atoms with Crippen LogP contribution in [0.4, 0.5) is 0 Å². The van der Waals surface area contributed by atoms with Crippen LogP contribution in [0.3, 0.4) is 0 Å². The highest BCUT2D eigenvalue weighted by molar-refractivity contribution is 9.10. The molecule has 0 spiro atoms. The molecule has 0 radical (unpaired) electrons. The fraction of sp³-hybridized carbons (Fsp3) is 0.300. The summed E-state index contributed by atoms with van der Waals surface area (Å²) in [5.41, 5.74) is 0.488. The molecular weight excluding hydrogens is 258 g/mol. The maximum absolute atomic E-state index is 11.6. The monoisotopic (exact) mass is 269 g/mol. The number of pyridine rings is 1. The molecule has 15 heavy (non-hydrogen) atoms. The maximum atomic E-state index is 11.6. The van der Waals surface area contributed by atoms with Crippen LogP contribution in [-0.4, -0.2) is 16.7 Å². The van der Waals surface area contributed by atoms with Gasteiger partial charge in [0.2, 0.25) is 0 Å². The number of nitrogens with one attached hydrogen (secondary N) is 2. The summed E-state index contributed by atoms with van der Waals surface area (Å²) in [5, 5.41) is 10.0. The van der Waals surface area contributed by atoms with Crippen molar-refractivity contribution >= 4 is 27.7 Å². The quantitative estimate of drug-likeness (QED) is 0.491. The van der Waals surface area contributed by atoms with E-state index in [1.807, 2.05) is 13.8 Å². The summed E-state index contributed by atoms with van der Waals surface area (Å²) >= 11 is 3.18. The normalized spacial score (nSPS) is 10.1. The van der Waals surface area contributed by atoms with Crippen LogP contribution in [0.25, 0.3) is 0 Å². The molecule has 80 valence electrons. The average molecular weight is 270 g/mol. The van der Waals surface area contributed by atoms with E-state index in [0.717, 1.165) is 0 Å². The van der Waals surface area contributed by atoms with Gasteiger partial charge in [-0.25, -0.2) is 4.98 Å². The lowest BCUT2D eigenvalue weighted by Gasteiger charge is -2.09. The zero-order valence-electron chi connectivity index (χ0n) is 8.54. The molecule has 2 N–H and O–H groups in total. The molecule has 1 aromatic rings. The minimum atomic E-state index is -0.281. The first-order chi connectivity index (χ1) is 7.00. The predicted molar refractivity (Wildman–Crippen MR) is 62.0 cm³/mol. The van der Waals surface area contributed by atoms with E-state index in [1.165, 1.54) is 6.20 Å². The van der Waals surface area contributed by atoms with Crippen molar-refractivity contribution in [2.24, 2.45) is 5.92 Å². The standard InChI is InChI=1S/C10H12BrN3O/c1-6(2)9(12)14-10(15)7-3-4-13-8(11)5-7/h3-6H,1-2H3,(H2,12,14,15). The number of hydrogen-bond acceptors (Lipinski definition) is 3. The lowest BCUT2D eigenvalue weighted by molar-refractivity contribution is 0.0975. The van der Waals surface area contributed by atoms with E-state index in [9.17, 15) is 4.79 Å². The van der Waals surface area contributed by atoms with Gasteiger partial charge < -0.3 is 5.32 Å². The second kappa shape index (κ2) is 5.02. The van der Waals surface area contributed by atoms with Gasteiger partial charge >= 0.3 is 0 Å². The Bertz CT molecular complexity index is 390. The number of rotatable bonds is 2. The summed E-state index contributed by atoms with van der Waals surface area (Å²) in [6, 6.07) is 3.22. The molecule has 0 aliphatic heterocycles. The average Bonchev–Trinajstić information content (AvgIpc) is 2.17. The summed E-state index contributed by atoms with van der Waals surface area (Å²) < 4.78 is 0.603. The highest BCUT2D eigenvalue weighted by atomic mass is 79.9. The van der Waals surface area contributed by atoms with E-state index in [0.29, 0.717) is 10.2 Å². The molecule has 0 saturated heterocycles. The summed E-state index contributed by atoms with van der Waals surface area (Å²) in [5.74, 6) is -0.0519. The Kier molecular flexibility index (Phi) is 3.96. The van der Waals surface area contributed by atoms with Gasteiger partial charge in [0.25, 0.3) is 5.91 Å². The molecule has 1 rings (SSSR count). The van der Waals surface area contributed by atoms with Crippen LogP contribution >= 0.6 is 15.9 Å². The molecule has 0 bridgehead atoms. The van der Waals surface area contributed by atoms with Crippen LogP contribution in [0, 0.1) is 11.3 Å². The third-order valence-electron chi connectivity index (χ3n) is 1.81. The van der Waals surface area contributed by atoms with Crippen molar-refractivity contribution in [2.75, 3.05) is 0 Å². The van der Waals surface area contributed by atoms with E-state index >= 15 is 0 Å². The molecule has 1 aromatic heterocycles. The zero-order chi connectivity index (χ0) is 11.4. The lowest BCUT2D eigenvalue weighted by Crippen LogP contribution is -2.33. The molecule has 1 amide bonds. The van der Waals surface area contributed by atoms with Gasteiger partial charge in [0.15, 0.2) is 0 Å². The van der Waals surface area contributed by atoms with Gasteiger partial charge in [0.1, 0.15) is 10.4 Å². The molecule has 5 heteroatoms. The van der Waals surface area contributed by atoms with Crippen molar-refractivity contribution in [3.63, 3.8) is 0 Å². The Morgan fingerprint density at radius 2 is 2.27 bits per heavy atom. The SMILES string of the molecule is CC(C)C(=N)NC(=O)c1ccnc(Br)c1. The van der Waals surface area contributed by atoms with Crippen molar-refractivity contribution in [3.05, 3.63) is 28.5 Å². The second-order valence-electron chi connectivity index (χ2n) is 3.39. The number of amides is 1. The first-order valence-corrected chi connectivity index (χ1v) is 5.31. The number of halogens is 1. The van der Waals surface area contributed by atoms with Gasteiger partial charge in [0, 0.05) is 17.7 Å². The van der Waals surface area contributed by atoms with Gasteiger partial charge in [-0.3, -0.25) is 10.2 Å². The third kappa shape index (κ3) is 3.43. The van der Waals surface area contributed by atoms with Gasteiger partial charge in [-0.2, -0.15) is 0 Å². The van der Waals surface area contributed by atoms with Gasteiger partial charge in [-0.05, 0) is 28.1 Å². The van der Waals surface area contributed by atoms with Gasteiger partial charge in [-0.15, -0.1) is 0 Å². The van der Waals surface area contributed by atoms with Crippen molar-refractivity contribution in [2.45, 2.75) is 13.8 Å². The molecule has 0 atom stereocenters. The van der Waals surface area contributed by atoms with Crippen LogP contribution in [-0.2, 0) is 0 Å². The van der Waals surface area contributed by atoms with Crippen LogP contribution in [0.5, 0.6) is 0 Å². The molecule has 0 aromatic carbocycles. The number of carbonyl (C=O) groups is 1. The molecule has 0 fully saturated rings. The molecular formula is C10H12BrN3O. The molecule has 0 saturated carbocycles. The van der Waals surface area contributed by atoms with Crippen molar-refractivity contribution in [3.8, 4) is 0 Å². The maximum Gasteiger partial charge on any atom is 0.256 e. The molecule has 0 aliphatic carbocycles. The second-order valence-corrected chi connectivity index (χ2v) is 4.20. The first-order valence-electron chi connectivity index (χ1n) is 4.52. The predicted octanol–water partition coefficient (Wildman–Crippen LogP) is 2.21. The van der Waals surface area contributed by atoms with Gasteiger partial charge in [0.05, 0.1) is 0 Å². The summed E-state index contributed by atoms with van der Waals surface area (Å²) in [6.45, 7) is 3.70. The molecule has 1 heterocycles. The van der Waals surface area contributed by atoms with Crippen molar-refractivity contribution in [1.29, 1.82) is 5.41 Å². The molecule has 0 unspecified atom stereocenters. The Balaban J connectivity index is 2.74. The zero-order valence-corrected chi connectivity index (χ0v) is 10.1. The minimum absolute atomic E-state index is 0.0132. The van der Waals surface area contributed by atoms with E-state index in [-0.39, 0.29) is 17.7 Å². The third-order valence-corrected chi connectivity index (χ3v) is 2.25. The summed E-state index contributed by atoms with van der Waals surface area (Å²) in [4.78, 5) is 15.5. The lowest BCUT2D eigenvalue weighted by atomic mass is 10.2. The Labute approximate surface area is 96.7 Å². The van der Waals surface area contributed by atoms with Crippen molar-refractivity contribution in [1.82, 2.24) is 10.3 Å². The summed E-state index contributed by atoms with van der Waals surface area (Å²) in [6.07, 6.45) is 1.54. The summed E-state index contributed by atoms with van der Waals surface area (Å²) in [7, 11) is 0. The van der Waals surface area contributed by atoms with E-state index in [4.69, 9.17) is 5.41 Å². The van der Waals surface area contributed by atoms with Crippen LogP contribution in [0.1, 0.15) is 24.2 Å². The fourth-order valence-electron chi connectivity index (χ4n) is 0.883. The van der Waals surface area contributed by atoms with Crippen molar-refractivity contribution < 1.29 is 4.79 Å². The number of aromatic nitrogens is 1. The minimum Gasteiger partial charge on any atom is -0.310 e. The topological polar surface area (TPSA) is 65.8 Å². The molecule has 4 nitrogen and oxygen atoms in total. The highest BCUT2D eigenvalue weighted by Gasteiger charge is 2.10. The Morgan fingerprint density at radius 1 is 1.60 bits per heavy atom. The van der Waals surface area contributed by atoms with Crippen LogP contribution in [0.15, 0.2) is 22.9 Å². The van der Waals surface area contributed by atoms with E-state index in [2.05, 4.69) is 26.2 Å². The number of nitrogens with zero attached hydrogens (tertiary/aromatic N) is 1. The Hall–Kier alpha value is -1.23. The van der Waals surface area contributed by atoms with Gasteiger partial charge in [-0.1, -0.05) is 13.8 Å². The van der Waals surface area contributed by atoms with Crippen LogP contribution in [0.2, 0.25) is 0 Å². The number of hydrogen-bond donors (Lipinski definition) is 2. The van der Waals surface area contributed by atoms with Crippen LogP contribution < -0.4 is 5.32 Å². The first kappa shape index (κ1) is 11.8. The number of carbonyl (C=O) groups excluding carboxylic acids is 1. The Morgan fingerprint density at radius 3 is 2.80 bits per heavy atom. The number of amidine groups is 1. The van der Waals surface area contributed by atoms with E-state index in [1.54, 1.807) is 12.1 Å². The fourth-order valence-corrected chi connectivity index (χ4v) is 1.25. The highest BCUT2D eigenvalue weighted by Crippen LogP contribution is 2.08.